The third kappa shape index (κ3) is 7.31. The molecule has 2 amide bonds. The Labute approximate surface area is 209 Å². The monoisotopic (exact) mass is 477 g/mol. The molecule has 0 radical (unpaired) electrons. The van der Waals surface area contributed by atoms with E-state index in [2.05, 4.69) is 39.8 Å². The van der Waals surface area contributed by atoms with Gasteiger partial charge in [-0.2, -0.15) is 0 Å². The summed E-state index contributed by atoms with van der Waals surface area (Å²) in [6.07, 6.45) is 6.34. The molecule has 1 unspecified atom stereocenters. The molecule has 1 aliphatic heterocycles. The van der Waals surface area contributed by atoms with Gasteiger partial charge in [0.15, 0.2) is 0 Å². The number of ether oxygens (including phenoxy) is 1. The van der Waals surface area contributed by atoms with Crippen LogP contribution in [0.4, 0.5) is 0 Å². The number of rotatable bonds is 5. The lowest BCUT2D eigenvalue weighted by Gasteiger charge is -2.25. The Morgan fingerprint density at radius 1 is 0.914 bits per heavy atom. The van der Waals surface area contributed by atoms with Gasteiger partial charge in [-0.05, 0) is 74.1 Å². The smallest absolute Gasteiger partial charge is 0.234 e. The highest BCUT2D eigenvalue weighted by atomic mass is 16.5. The third-order valence-electron chi connectivity index (χ3n) is 7.12. The molecule has 4 rings (SSSR count). The SMILES string of the molecule is CCOc1cc2c(cc1CN1CCCNC(=O)CCC(c3ccccc3)CCNC(=O)C1)CCC2. The summed E-state index contributed by atoms with van der Waals surface area (Å²) in [5, 5.41) is 6.21. The van der Waals surface area contributed by atoms with Gasteiger partial charge in [0.1, 0.15) is 5.75 Å². The van der Waals surface area contributed by atoms with E-state index in [1.807, 2.05) is 25.1 Å². The summed E-state index contributed by atoms with van der Waals surface area (Å²) in [6, 6.07) is 14.8. The number of amides is 2. The van der Waals surface area contributed by atoms with Gasteiger partial charge < -0.3 is 15.4 Å². The number of carbonyl (C=O) groups excluding carboxylic acids is 2. The third-order valence-corrected chi connectivity index (χ3v) is 7.12. The molecule has 1 aliphatic carbocycles. The van der Waals surface area contributed by atoms with Gasteiger partial charge in [-0.25, -0.2) is 0 Å². The predicted molar refractivity (Wildman–Crippen MR) is 139 cm³/mol. The van der Waals surface area contributed by atoms with Crippen molar-refractivity contribution in [3.63, 3.8) is 0 Å². The standard InChI is InChI=1S/C29H39N3O3/c1-2-35-27-19-25-11-6-10-24(25)18-26(27)20-32-17-7-15-30-28(33)13-12-23(14-16-31-29(34)21-32)22-8-4-3-5-9-22/h3-5,8-9,18-19,23H,2,6-7,10-17,20-21H2,1H3,(H,30,33)(H,31,34). The van der Waals surface area contributed by atoms with Gasteiger partial charge in [-0.15, -0.1) is 0 Å². The van der Waals surface area contributed by atoms with E-state index < -0.39 is 0 Å². The van der Waals surface area contributed by atoms with Gasteiger partial charge in [0.25, 0.3) is 0 Å². The maximum absolute atomic E-state index is 12.9. The van der Waals surface area contributed by atoms with E-state index in [-0.39, 0.29) is 17.7 Å². The van der Waals surface area contributed by atoms with Gasteiger partial charge in [0.2, 0.25) is 11.8 Å². The van der Waals surface area contributed by atoms with Crippen LogP contribution in [0, 0.1) is 0 Å². The number of nitrogens with one attached hydrogen (secondary N) is 2. The first-order valence-corrected chi connectivity index (χ1v) is 13.2. The van der Waals surface area contributed by atoms with Crippen LogP contribution in [0.5, 0.6) is 5.75 Å². The first-order chi connectivity index (χ1) is 17.1. The molecule has 188 valence electrons. The molecule has 0 saturated carbocycles. The van der Waals surface area contributed by atoms with E-state index in [0.717, 1.165) is 50.0 Å². The molecule has 0 bridgehead atoms. The average Bonchev–Trinajstić information content (AvgIpc) is 3.31. The van der Waals surface area contributed by atoms with Crippen LogP contribution in [0.1, 0.15) is 67.2 Å². The molecule has 1 heterocycles. The Morgan fingerprint density at radius 2 is 1.69 bits per heavy atom. The lowest BCUT2D eigenvalue weighted by molar-refractivity contribution is -0.123. The molecule has 2 aromatic carbocycles. The minimum absolute atomic E-state index is 0.0528. The van der Waals surface area contributed by atoms with Crippen LogP contribution in [-0.2, 0) is 29.0 Å². The highest BCUT2D eigenvalue weighted by Crippen LogP contribution is 2.31. The first-order valence-electron chi connectivity index (χ1n) is 13.2. The molecule has 2 aliphatic rings. The predicted octanol–water partition coefficient (Wildman–Crippen LogP) is 3.97. The zero-order valence-corrected chi connectivity index (χ0v) is 21.0. The number of carbonyl (C=O) groups is 2. The Kier molecular flexibility index (Phi) is 9.18. The highest BCUT2D eigenvalue weighted by molar-refractivity contribution is 5.78. The van der Waals surface area contributed by atoms with Crippen LogP contribution in [0.3, 0.4) is 0 Å². The summed E-state index contributed by atoms with van der Waals surface area (Å²) in [4.78, 5) is 27.5. The van der Waals surface area contributed by atoms with Gasteiger partial charge in [0.05, 0.1) is 13.2 Å². The van der Waals surface area contributed by atoms with Crippen LogP contribution in [-0.4, -0.2) is 49.5 Å². The van der Waals surface area contributed by atoms with Crippen LogP contribution < -0.4 is 15.4 Å². The Balaban J connectivity index is 1.45. The molecule has 6 heteroatoms. The van der Waals surface area contributed by atoms with Crippen molar-refractivity contribution < 1.29 is 14.3 Å². The van der Waals surface area contributed by atoms with Crippen LogP contribution in [0.25, 0.3) is 0 Å². The molecule has 2 aromatic rings. The van der Waals surface area contributed by atoms with Crippen molar-refractivity contribution in [1.82, 2.24) is 15.5 Å². The second-order valence-electron chi connectivity index (χ2n) is 9.71. The zero-order valence-electron chi connectivity index (χ0n) is 21.0. The molecular weight excluding hydrogens is 438 g/mol. The minimum atomic E-state index is 0.0528. The second kappa shape index (κ2) is 12.7. The maximum Gasteiger partial charge on any atom is 0.234 e. The number of aryl methyl sites for hydroxylation is 2. The highest BCUT2D eigenvalue weighted by Gasteiger charge is 2.20. The summed E-state index contributed by atoms with van der Waals surface area (Å²) in [7, 11) is 0. The van der Waals surface area contributed by atoms with E-state index in [4.69, 9.17) is 4.74 Å². The number of fused-ring (bicyclic) bond motifs is 1. The van der Waals surface area contributed by atoms with Crippen molar-refractivity contribution in [1.29, 1.82) is 0 Å². The fourth-order valence-electron chi connectivity index (χ4n) is 5.29. The molecule has 35 heavy (non-hydrogen) atoms. The van der Waals surface area contributed by atoms with Gasteiger partial charge in [-0.1, -0.05) is 36.4 Å². The van der Waals surface area contributed by atoms with Crippen LogP contribution in [0.2, 0.25) is 0 Å². The van der Waals surface area contributed by atoms with Crippen molar-refractivity contribution >= 4 is 11.8 Å². The molecule has 0 aromatic heterocycles. The van der Waals surface area contributed by atoms with Crippen molar-refractivity contribution in [2.45, 2.75) is 64.3 Å². The van der Waals surface area contributed by atoms with E-state index in [1.54, 1.807) is 0 Å². The summed E-state index contributed by atoms with van der Waals surface area (Å²) >= 11 is 0. The summed E-state index contributed by atoms with van der Waals surface area (Å²) in [5.41, 5.74) is 5.18. The van der Waals surface area contributed by atoms with E-state index >= 15 is 0 Å². The fraction of sp³-hybridized carbons (Fsp3) is 0.517. The number of nitrogens with zero attached hydrogens (tertiary/aromatic N) is 1. The summed E-state index contributed by atoms with van der Waals surface area (Å²) in [5.74, 6) is 1.35. The quantitative estimate of drug-likeness (QED) is 0.684. The Hall–Kier alpha value is -2.86. The molecular formula is C29H39N3O3. The largest absolute Gasteiger partial charge is 0.494 e. The van der Waals surface area contributed by atoms with E-state index in [9.17, 15) is 9.59 Å². The average molecular weight is 478 g/mol. The molecule has 0 spiro atoms. The summed E-state index contributed by atoms with van der Waals surface area (Å²) in [6.45, 7) is 5.61. The molecule has 1 fully saturated rings. The zero-order chi connectivity index (χ0) is 24.5. The number of hydrogen-bond acceptors (Lipinski definition) is 4. The normalized spacial score (nSPS) is 20.4. The van der Waals surface area contributed by atoms with Crippen molar-refractivity contribution in [3.8, 4) is 5.75 Å². The topological polar surface area (TPSA) is 70.7 Å². The van der Waals surface area contributed by atoms with Gasteiger partial charge >= 0.3 is 0 Å². The Morgan fingerprint density at radius 3 is 2.49 bits per heavy atom. The minimum Gasteiger partial charge on any atom is -0.494 e. The van der Waals surface area contributed by atoms with Crippen molar-refractivity contribution in [2.24, 2.45) is 0 Å². The molecule has 1 saturated heterocycles. The lowest BCUT2D eigenvalue weighted by atomic mass is 9.91. The molecule has 1 atom stereocenters. The van der Waals surface area contributed by atoms with Crippen molar-refractivity contribution in [2.75, 3.05) is 32.8 Å². The maximum atomic E-state index is 12.9. The van der Waals surface area contributed by atoms with E-state index in [0.29, 0.717) is 39.2 Å². The number of hydrogen-bond donors (Lipinski definition) is 2. The first kappa shape index (κ1) is 25.2. The second-order valence-corrected chi connectivity index (χ2v) is 9.71. The van der Waals surface area contributed by atoms with Gasteiger partial charge in [0, 0.05) is 38.2 Å². The van der Waals surface area contributed by atoms with Gasteiger partial charge in [-0.3, -0.25) is 14.5 Å². The van der Waals surface area contributed by atoms with Crippen molar-refractivity contribution in [3.05, 3.63) is 64.7 Å². The van der Waals surface area contributed by atoms with Crippen LogP contribution in [0.15, 0.2) is 42.5 Å². The Bertz CT molecular complexity index is 992. The van der Waals surface area contributed by atoms with E-state index in [1.165, 1.54) is 23.1 Å². The number of benzene rings is 2. The van der Waals surface area contributed by atoms with Crippen LogP contribution >= 0.6 is 0 Å². The molecule has 2 N–H and O–H groups in total. The lowest BCUT2D eigenvalue weighted by Crippen LogP contribution is -2.39. The summed E-state index contributed by atoms with van der Waals surface area (Å²) < 4.78 is 5.98. The fourth-order valence-corrected chi connectivity index (χ4v) is 5.29. The molecule has 6 nitrogen and oxygen atoms in total.